The van der Waals surface area contributed by atoms with Gasteiger partial charge >= 0.3 is 0 Å². The lowest BCUT2D eigenvalue weighted by Gasteiger charge is -2.16. The van der Waals surface area contributed by atoms with Crippen LogP contribution in [-0.2, 0) is 6.42 Å². The minimum atomic E-state index is -0.828. The van der Waals surface area contributed by atoms with Gasteiger partial charge in [0.25, 0.3) is 5.91 Å². The molecule has 1 N–H and O–H groups in total. The van der Waals surface area contributed by atoms with Crippen molar-refractivity contribution in [1.82, 2.24) is 5.32 Å². The van der Waals surface area contributed by atoms with Crippen LogP contribution in [0.3, 0.4) is 0 Å². The summed E-state index contributed by atoms with van der Waals surface area (Å²) in [4.78, 5) is 14.0. The number of amides is 1. The van der Waals surface area contributed by atoms with Gasteiger partial charge in [-0.05, 0) is 37.8 Å². The molecule has 0 unspecified atom stereocenters. The molecule has 0 saturated carbocycles. The van der Waals surface area contributed by atoms with Crippen molar-refractivity contribution in [3.63, 3.8) is 0 Å². The highest BCUT2D eigenvalue weighted by atomic mass is 32.1. The Labute approximate surface area is 113 Å². The van der Waals surface area contributed by atoms with E-state index in [9.17, 15) is 4.79 Å². The monoisotopic (exact) mass is 264 g/mol. The zero-order valence-electron chi connectivity index (χ0n) is 11.6. The lowest BCUT2D eigenvalue weighted by Crippen LogP contribution is -2.41. The predicted molar refractivity (Wildman–Crippen MR) is 74.9 cm³/mol. The summed E-state index contributed by atoms with van der Waals surface area (Å²) in [6, 6.07) is 4.02. The van der Waals surface area contributed by atoms with Crippen molar-refractivity contribution in [2.24, 2.45) is 0 Å². The molecule has 0 fully saturated rings. The molecule has 0 aliphatic carbocycles. The fraction of sp³-hybridized carbons (Fsp3) is 0.571. The number of aryl methyl sites for hydroxylation is 1. The number of nitrogens with one attached hydrogen (secondary N) is 1. The van der Waals surface area contributed by atoms with Crippen LogP contribution in [0.4, 0.5) is 0 Å². The number of rotatable bonds is 4. The van der Waals surface area contributed by atoms with E-state index >= 15 is 0 Å². The molecule has 1 aromatic heterocycles. The average molecular weight is 264 g/mol. The van der Waals surface area contributed by atoms with E-state index in [4.69, 9.17) is 5.26 Å². The lowest BCUT2D eigenvalue weighted by molar-refractivity contribution is 0.0933. The summed E-state index contributed by atoms with van der Waals surface area (Å²) in [6.45, 7) is 9.75. The first-order valence-corrected chi connectivity index (χ1v) is 6.98. The molecule has 3 nitrogen and oxygen atoms in total. The second kappa shape index (κ2) is 5.53. The molecule has 1 aromatic rings. The summed E-state index contributed by atoms with van der Waals surface area (Å²) < 4.78 is 0. The molecule has 0 atom stereocenters. The van der Waals surface area contributed by atoms with Crippen molar-refractivity contribution in [2.75, 3.05) is 0 Å². The van der Waals surface area contributed by atoms with Crippen molar-refractivity contribution in [3.05, 3.63) is 21.4 Å². The molecule has 4 heteroatoms. The molecular formula is C14H20N2OS. The van der Waals surface area contributed by atoms with Gasteiger partial charge in [0.1, 0.15) is 5.54 Å². The van der Waals surface area contributed by atoms with E-state index in [1.165, 1.54) is 21.8 Å². The van der Waals surface area contributed by atoms with E-state index in [0.717, 1.165) is 6.42 Å². The number of nitrogens with zero attached hydrogens (tertiary/aromatic N) is 1. The third-order valence-electron chi connectivity index (χ3n) is 2.68. The standard InChI is InChI=1S/C14H20N2OS/c1-6-10-7-11(18-12(10)9(2)3)13(17)16-14(4,5)8-15/h7,9H,6H2,1-5H3,(H,16,17). The Morgan fingerprint density at radius 2 is 2.17 bits per heavy atom. The van der Waals surface area contributed by atoms with Crippen molar-refractivity contribution >= 4 is 17.2 Å². The predicted octanol–water partition coefficient (Wildman–Crippen LogP) is 3.47. The van der Waals surface area contributed by atoms with Gasteiger partial charge in [-0.1, -0.05) is 20.8 Å². The van der Waals surface area contributed by atoms with Crippen molar-refractivity contribution < 1.29 is 4.79 Å². The van der Waals surface area contributed by atoms with E-state index in [-0.39, 0.29) is 5.91 Å². The van der Waals surface area contributed by atoms with Crippen LogP contribution in [0, 0.1) is 11.3 Å². The summed E-state index contributed by atoms with van der Waals surface area (Å²) in [5, 5.41) is 11.7. The minimum Gasteiger partial charge on any atom is -0.334 e. The van der Waals surface area contributed by atoms with E-state index in [2.05, 4.69) is 32.2 Å². The summed E-state index contributed by atoms with van der Waals surface area (Å²) in [6.07, 6.45) is 0.930. The fourth-order valence-electron chi connectivity index (χ4n) is 1.69. The minimum absolute atomic E-state index is 0.159. The van der Waals surface area contributed by atoms with Crippen molar-refractivity contribution in [1.29, 1.82) is 5.26 Å². The molecule has 0 spiro atoms. The molecule has 0 saturated heterocycles. The first-order chi connectivity index (χ1) is 8.30. The first-order valence-electron chi connectivity index (χ1n) is 6.17. The molecule has 1 heterocycles. The molecule has 0 bridgehead atoms. The Bertz CT molecular complexity index is 480. The maximum absolute atomic E-state index is 12.1. The van der Waals surface area contributed by atoms with Gasteiger partial charge in [0.15, 0.2) is 0 Å². The third-order valence-corrected chi connectivity index (χ3v) is 4.15. The van der Waals surface area contributed by atoms with Crippen molar-refractivity contribution in [3.8, 4) is 6.07 Å². The Morgan fingerprint density at radius 3 is 2.56 bits per heavy atom. The Kier molecular flexibility index (Phi) is 4.53. The van der Waals surface area contributed by atoms with Crippen molar-refractivity contribution in [2.45, 2.75) is 52.5 Å². The number of carbonyl (C=O) groups is 1. The van der Waals surface area contributed by atoms with Crippen LogP contribution in [0.15, 0.2) is 6.07 Å². The van der Waals surface area contributed by atoms with Gasteiger partial charge in [-0.3, -0.25) is 4.79 Å². The summed E-state index contributed by atoms with van der Waals surface area (Å²) >= 11 is 1.53. The van der Waals surface area contributed by atoms with Crippen LogP contribution < -0.4 is 5.32 Å². The highest BCUT2D eigenvalue weighted by Gasteiger charge is 2.22. The highest BCUT2D eigenvalue weighted by molar-refractivity contribution is 7.14. The summed E-state index contributed by atoms with van der Waals surface area (Å²) in [5.41, 5.74) is 0.403. The topological polar surface area (TPSA) is 52.9 Å². The molecule has 1 rings (SSSR count). The largest absolute Gasteiger partial charge is 0.334 e. The Hall–Kier alpha value is -1.34. The maximum Gasteiger partial charge on any atom is 0.262 e. The number of hydrogen-bond donors (Lipinski definition) is 1. The molecule has 0 aliphatic heterocycles. The zero-order valence-corrected chi connectivity index (χ0v) is 12.4. The van der Waals surface area contributed by atoms with Crippen LogP contribution >= 0.6 is 11.3 Å². The van der Waals surface area contributed by atoms with Crippen LogP contribution in [0.25, 0.3) is 0 Å². The van der Waals surface area contributed by atoms with Crippen LogP contribution in [-0.4, -0.2) is 11.4 Å². The molecule has 1 amide bonds. The molecular weight excluding hydrogens is 244 g/mol. The molecule has 0 aromatic carbocycles. The summed E-state index contributed by atoms with van der Waals surface area (Å²) in [5.74, 6) is 0.267. The van der Waals surface area contributed by atoms with Gasteiger partial charge < -0.3 is 5.32 Å². The van der Waals surface area contributed by atoms with Gasteiger partial charge in [0, 0.05) is 4.88 Å². The van der Waals surface area contributed by atoms with Gasteiger partial charge in [-0.25, -0.2) is 0 Å². The third kappa shape index (κ3) is 3.33. The fourth-order valence-corrected chi connectivity index (χ4v) is 2.84. The number of thiophene rings is 1. The summed E-state index contributed by atoms with van der Waals surface area (Å²) in [7, 11) is 0. The van der Waals surface area contributed by atoms with Gasteiger partial charge in [-0.15, -0.1) is 11.3 Å². The second-order valence-corrected chi connectivity index (χ2v) is 6.28. The Morgan fingerprint density at radius 1 is 1.56 bits per heavy atom. The van der Waals surface area contributed by atoms with E-state index < -0.39 is 5.54 Å². The van der Waals surface area contributed by atoms with E-state index in [1.807, 2.05) is 6.07 Å². The molecule has 98 valence electrons. The van der Waals surface area contributed by atoms with Gasteiger partial charge in [0.2, 0.25) is 0 Å². The Balaban J connectivity index is 2.98. The highest BCUT2D eigenvalue weighted by Crippen LogP contribution is 2.30. The molecule has 18 heavy (non-hydrogen) atoms. The van der Waals surface area contributed by atoms with Gasteiger partial charge in [0.05, 0.1) is 10.9 Å². The average Bonchev–Trinajstić information content (AvgIpc) is 2.72. The van der Waals surface area contributed by atoms with E-state index in [0.29, 0.717) is 10.8 Å². The van der Waals surface area contributed by atoms with Crippen LogP contribution in [0.2, 0.25) is 0 Å². The number of carbonyl (C=O) groups excluding carboxylic acids is 1. The number of hydrogen-bond acceptors (Lipinski definition) is 3. The van der Waals surface area contributed by atoms with Crippen LogP contribution in [0.5, 0.6) is 0 Å². The smallest absolute Gasteiger partial charge is 0.262 e. The normalized spacial score (nSPS) is 11.4. The second-order valence-electron chi connectivity index (χ2n) is 5.20. The maximum atomic E-state index is 12.1. The lowest BCUT2D eigenvalue weighted by atomic mass is 10.1. The first kappa shape index (κ1) is 14.7. The number of nitriles is 1. The van der Waals surface area contributed by atoms with E-state index in [1.54, 1.807) is 13.8 Å². The molecule has 0 aliphatic rings. The molecule has 0 radical (unpaired) electrons. The van der Waals surface area contributed by atoms with Crippen LogP contribution in [0.1, 0.15) is 60.6 Å². The van der Waals surface area contributed by atoms with Gasteiger partial charge in [-0.2, -0.15) is 5.26 Å². The SMILES string of the molecule is CCc1cc(C(=O)NC(C)(C)C#N)sc1C(C)C. The zero-order chi connectivity index (χ0) is 13.9. The quantitative estimate of drug-likeness (QED) is 0.905.